The van der Waals surface area contributed by atoms with Gasteiger partial charge in [-0.2, -0.15) is 0 Å². The first kappa shape index (κ1) is 28.5. The highest BCUT2D eigenvalue weighted by Crippen LogP contribution is 2.50. The van der Waals surface area contributed by atoms with Gasteiger partial charge in [0, 0.05) is 38.2 Å². The van der Waals surface area contributed by atoms with Crippen molar-refractivity contribution in [3.63, 3.8) is 0 Å². The number of aliphatic hydroxyl groups excluding tert-OH is 2. The van der Waals surface area contributed by atoms with E-state index in [1.54, 1.807) is 13.0 Å². The minimum Gasteiger partial charge on any atom is -0.462 e. The van der Waals surface area contributed by atoms with E-state index in [-0.39, 0.29) is 49.0 Å². The van der Waals surface area contributed by atoms with E-state index in [4.69, 9.17) is 23.7 Å². The summed E-state index contributed by atoms with van der Waals surface area (Å²) in [7, 11) is 0. The fraction of sp³-hybridized carbons (Fsp3) is 0.774. The molecule has 0 radical (unpaired) electrons. The summed E-state index contributed by atoms with van der Waals surface area (Å²) in [6.45, 7) is 8.13. The molecule has 1 unspecified atom stereocenters. The minimum atomic E-state index is -1.72. The summed E-state index contributed by atoms with van der Waals surface area (Å²) in [5.41, 5.74) is -0.867. The Balaban J connectivity index is 1.35. The lowest BCUT2D eigenvalue weighted by atomic mass is 9.71. The smallest absolute Gasteiger partial charge is 0.316 e. The van der Waals surface area contributed by atoms with Crippen molar-refractivity contribution in [1.82, 2.24) is 0 Å². The molecule has 1 aliphatic carbocycles. The first-order valence-electron chi connectivity index (χ1n) is 14.9. The largest absolute Gasteiger partial charge is 0.462 e. The van der Waals surface area contributed by atoms with Crippen LogP contribution in [0.3, 0.4) is 0 Å². The molecule has 9 heteroatoms. The van der Waals surface area contributed by atoms with Gasteiger partial charge in [0.2, 0.25) is 0 Å². The molecule has 4 saturated heterocycles. The Labute approximate surface area is 236 Å². The molecule has 2 bridgehead atoms. The predicted molar refractivity (Wildman–Crippen MR) is 144 cm³/mol. The van der Waals surface area contributed by atoms with Crippen molar-refractivity contribution in [1.29, 1.82) is 0 Å². The Morgan fingerprint density at radius 1 is 1.10 bits per heavy atom. The standard InChI is InChI=1S/C31H44O9/c1-17-6-5-7-21-16-36-27-26(33)18(2)10-24(31(21,27)35)28(34)37-23-11-22(12-25-29(4,13-17)40-25)39-30(14-23)9-8-20(15-32)19(3)38-30/h5-7,10,17,19-20,22-27,32-33,35H,8-9,11-16H2,1-4H3/b6-5+,21-7+/t17-,19?,20+,22-,23-,24-,25-,26+,27+,29-,30-,31+/m0/s1. The SMILES string of the molecule is CC1=C[C@H]2C(=O)O[C@H]3C[C@@H](C[C@@H]4O[C@@]4(C)C[C@@H](C)/C=C/C=C4\CO[C@H]([C@@H]1O)[C@@]42O)O[C@@]1(CC[C@H](CO)C(C)O1)C3. The predicted octanol–water partition coefficient (Wildman–Crippen LogP) is 2.72. The molecule has 0 aromatic rings. The summed E-state index contributed by atoms with van der Waals surface area (Å²) in [5.74, 6) is -2.24. The Hall–Kier alpha value is -1.59. The van der Waals surface area contributed by atoms with Gasteiger partial charge in [0.1, 0.15) is 29.8 Å². The van der Waals surface area contributed by atoms with Gasteiger partial charge in [-0.15, -0.1) is 0 Å². The maximum absolute atomic E-state index is 13.9. The number of hydrogen-bond donors (Lipinski definition) is 3. The van der Waals surface area contributed by atoms with Crippen LogP contribution >= 0.6 is 0 Å². The maximum Gasteiger partial charge on any atom is 0.316 e. The van der Waals surface area contributed by atoms with Crippen LogP contribution in [-0.2, 0) is 28.5 Å². The van der Waals surface area contributed by atoms with Gasteiger partial charge in [-0.05, 0) is 50.7 Å². The highest BCUT2D eigenvalue weighted by Gasteiger charge is 2.60. The molecule has 5 aliphatic heterocycles. The topological polar surface area (TPSA) is 127 Å². The molecule has 222 valence electrons. The van der Waals surface area contributed by atoms with Crippen molar-refractivity contribution in [2.75, 3.05) is 13.2 Å². The third-order valence-corrected chi connectivity index (χ3v) is 10.2. The van der Waals surface area contributed by atoms with Gasteiger partial charge in [-0.1, -0.05) is 31.2 Å². The van der Waals surface area contributed by atoms with Crippen LogP contribution in [0.5, 0.6) is 0 Å². The lowest BCUT2D eigenvalue weighted by Gasteiger charge is -2.49. The Bertz CT molecular complexity index is 1100. The number of fused-ring (bicyclic) bond motifs is 3. The Kier molecular flexibility index (Phi) is 7.34. The Morgan fingerprint density at radius 3 is 2.65 bits per heavy atom. The molecule has 9 nitrogen and oxygen atoms in total. The summed E-state index contributed by atoms with van der Waals surface area (Å²) < 4.78 is 31.4. The quantitative estimate of drug-likeness (QED) is 0.252. The van der Waals surface area contributed by atoms with Crippen molar-refractivity contribution in [2.24, 2.45) is 17.8 Å². The lowest BCUT2D eigenvalue weighted by Crippen LogP contribution is -2.58. The van der Waals surface area contributed by atoms with Crippen molar-refractivity contribution < 1.29 is 43.8 Å². The second-order valence-electron chi connectivity index (χ2n) is 13.3. The zero-order valence-corrected chi connectivity index (χ0v) is 24.0. The number of rotatable bonds is 1. The number of epoxide rings is 1. The van der Waals surface area contributed by atoms with Crippen molar-refractivity contribution in [2.45, 2.75) is 120 Å². The molecule has 1 spiro atoms. The summed E-state index contributed by atoms with van der Waals surface area (Å²) >= 11 is 0. The van der Waals surface area contributed by atoms with Crippen LogP contribution in [0.2, 0.25) is 0 Å². The van der Waals surface area contributed by atoms with E-state index in [0.717, 1.165) is 12.8 Å². The van der Waals surface area contributed by atoms with E-state index in [0.29, 0.717) is 36.8 Å². The van der Waals surface area contributed by atoms with E-state index >= 15 is 0 Å². The number of carbonyl (C=O) groups is 1. The van der Waals surface area contributed by atoms with Gasteiger partial charge in [0.15, 0.2) is 5.79 Å². The summed E-state index contributed by atoms with van der Waals surface area (Å²) in [6, 6.07) is 0. The van der Waals surface area contributed by atoms with Gasteiger partial charge in [-0.3, -0.25) is 4.79 Å². The van der Waals surface area contributed by atoms with Gasteiger partial charge < -0.3 is 39.0 Å². The van der Waals surface area contributed by atoms with Gasteiger partial charge >= 0.3 is 5.97 Å². The fourth-order valence-electron chi connectivity index (χ4n) is 7.75. The zero-order chi connectivity index (χ0) is 28.4. The monoisotopic (exact) mass is 560 g/mol. The van der Waals surface area contributed by atoms with Crippen LogP contribution in [0.25, 0.3) is 0 Å². The molecule has 6 aliphatic rings. The van der Waals surface area contributed by atoms with Crippen molar-refractivity contribution in [3.8, 4) is 0 Å². The average molecular weight is 561 g/mol. The van der Waals surface area contributed by atoms with Crippen molar-refractivity contribution in [3.05, 3.63) is 35.5 Å². The molecule has 12 atom stereocenters. The highest BCUT2D eigenvalue weighted by atomic mass is 16.7. The normalized spacial score (nSPS) is 53.0. The summed E-state index contributed by atoms with van der Waals surface area (Å²) in [6.07, 6.45) is 8.28. The molecule has 40 heavy (non-hydrogen) atoms. The van der Waals surface area contributed by atoms with Gasteiger partial charge in [-0.25, -0.2) is 0 Å². The molecule has 0 amide bonds. The van der Waals surface area contributed by atoms with E-state index in [9.17, 15) is 20.1 Å². The number of hydrogen-bond acceptors (Lipinski definition) is 9. The first-order chi connectivity index (χ1) is 19.0. The molecule has 0 aromatic carbocycles. The molecular formula is C31H44O9. The van der Waals surface area contributed by atoms with Gasteiger partial charge in [0.25, 0.3) is 0 Å². The molecule has 4 fully saturated rings. The Morgan fingerprint density at radius 2 is 1.90 bits per heavy atom. The highest BCUT2D eigenvalue weighted by molar-refractivity contribution is 5.78. The van der Waals surface area contributed by atoms with Crippen LogP contribution < -0.4 is 0 Å². The van der Waals surface area contributed by atoms with Crippen LogP contribution in [-0.4, -0.2) is 88.1 Å². The number of allylic oxidation sites excluding steroid dienone is 3. The molecule has 0 aromatic heterocycles. The van der Waals surface area contributed by atoms with Crippen LogP contribution in [0.1, 0.15) is 66.2 Å². The number of esters is 1. The lowest BCUT2D eigenvalue weighted by molar-refractivity contribution is -0.336. The van der Waals surface area contributed by atoms with E-state index in [2.05, 4.69) is 19.9 Å². The maximum atomic E-state index is 13.9. The van der Waals surface area contributed by atoms with Crippen LogP contribution in [0.4, 0.5) is 0 Å². The van der Waals surface area contributed by atoms with Crippen molar-refractivity contribution >= 4 is 5.97 Å². The fourth-order valence-corrected chi connectivity index (χ4v) is 7.75. The summed E-state index contributed by atoms with van der Waals surface area (Å²) in [5, 5.41) is 32.7. The molecule has 0 saturated carbocycles. The van der Waals surface area contributed by atoms with E-state index < -0.39 is 41.6 Å². The second kappa shape index (κ2) is 10.3. The number of carbonyl (C=O) groups excluding carboxylic acids is 1. The minimum absolute atomic E-state index is 0.0336. The third kappa shape index (κ3) is 4.91. The third-order valence-electron chi connectivity index (χ3n) is 10.2. The zero-order valence-electron chi connectivity index (χ0n) is 24.0. The molecule has 5 heterocycles. The summed E-state index contributed by atoms with van der Waals surface area (Å²) in [4.78, 5) is 13.9. The van der Waals surface area contributed by atoms with E-state index in [1.807, 2.05) is 19.1 Å². The molecule has 6 rings (SSSR count). The molecular weight excluding hydrogens is 516 g/mol. The van der Waals surface area contributed by atoms with Gasteiger partial charge in [0.05, 0.1) is 30.5 Å². The number of aliphatic hydroxyl groups is 3. The first-order valence-corrected chi connectivity index (χ1v) is 14.9. The van der Waals surface area contributed by atoms with Crippen LogP contribution in [0, 0.1) is 17.8 Å². The van der Waals surface area contributed by atoms with E-state index in [1.165, 1.54) is 0 Å². The second-order valence-corrected chi connectivity index (χ2v) is 13.3. The number of ether oxygens (including phenoxy) is 5. The average Bonchev–Trinajstić information content (AvgIpc) is 3.36. The van der Waals surface area contributed by atoms with Crippen LogP contribution in [0.15, 0.2) is 35.5 Å². The molecule has 3 N–H and O–H groups in total.